The third-order valence-corrected chi connectivity index (χ3v) is 3.62. The number of ether oxygens (including phenoxy) is 2. The number of para-hydroxylation sites is 1. The minimum absolute atomic E-state index is 0.306. The Morgan fingerprint density at radius 2 is 1.83 bits per heavy atom. The van der Waals surface area contributed by atoms with Gasteiger partial charge in [0.15, 0.2) is 0 Å². The summed E-state index contributed by atoms with van der Waals surface area (Å²) in [6.07, 6.45) is 2.55. The summed E-state index contributed by atoms with van der Waals surface area (Å²) in [5.74, 6) is 0.158. The zero-order valence-corrected chi connectivity index (χ0v) is 14.4. The van der Waals surface area contributed by atoms with Gasteiger partial charge in [-0.25, -0.2) is 4.79 Å². The minimum Gasteiger partial charge on any atom is -0.489 e. The number of benzene rings is 2. The van der Waals surface area contributed by atoms with Crippen molar-refractivity contribution >= 4 is 39.6 Å². The van der Waals surface area contributed by atoms with E-state index in [9.17, 15) is 4.79 Å². The van der Waals surface area contributed by atoms with E-state index < -0.39 is 5.97 Å². The summed E-state index contributed by atoms with van der Waals surface area (Å²) in [6, 6.07) is 12.6. The van der Waals surface area contributed by atoms with E-state index in [0.717, 1.165) is 10.5 Å². The minimum atomic E-state index is -1.02. The first-order valence-electron chi connectivity index (χ1n) is 6.77. The van der Waals surface area contributed by atoms with Crippen molar-refractivity contribution in [2.45, 2.75) is 0 Å². The molecule has 120 valence electrons. The fourth-order valence-electron chi connectivity index (χ4n) is 1.81. The standard InChI is InChI=1S/C17H14BrClO4/c18-13-6-7-15(12(11-13)5-8-17(20)21)22-9-10-23-16-4-2-1-3-14(16)19/h1-8,11H,9-10H2,(H,20,21). The molecule has 1 N–H and O–H groups in total. The van der Waals surface area contributed by atoms with E-state index >= 15 is 0 Å². The molecule has 0 aliphatic heterocycles. The molecule has 0 aromatic heterocycles. The highest BCUT2D eigenvalue weighted by Gasteiger charge is 2.04. The van der Waals surface area contributed by atoms with Gasteiger partial charge in [-0.05, 0) is 36.4 Å². The predicted octanol–water partition coefficient (Wildman–Crippen LogP) is 4.66. The van der Waals surface area contributed by atoms with E-state index in [0.29, 0.717) is 35.3 Å². The number of hydrogen-bond donors (Lipinski definition) is 1. The van der Waals surface area contributed by atoms with Gasteiger partial charge in [0.1, 0.15) is 24.7 Å². The van der Waals surface area contributed by atoms with Crippen LogP contribution in [0.15, 0.2) is 53.0 Å². The summed E-state index contributed by atoms with van der Waals surface area (Å²) < 4.78 is 12.0. The van der Waals surface area contributed by atoms with Gasteiger partial charge in [-0.15, -0.1) is 0 Å². The van der Waals surface area contributed by atoms with E-state index in [1.165, 1.54) is 6.08 Å². The molecular weight excluding hydrogens is 384 g/mol. The molecule has 6 heteroatoms. The van der Waals surface area contributed by atoms with Crippen molar-refractivity contribution in [3.05, 3.63) is 63.6 Å². The third kappa shape index (κ3) is 5.62. The van der Waals surface area contributed by atoms with Gasteiger partial charge >= 0.3 is 5.97 Å². The van der Waals surface area contributed by atoms with Gasteiger partial charge in [-0.2, -0.15) is 0 Å². The van der Waals surface area contributed by atoms with Crippen molar-refractivity contribution in [2.75, 3.05) is 13.2 Å². The lowest BCUT2D eigenvalue weighted by molar-refractivity contribution is -0.131. The van der Waals surface area contributed by atoms with Crippen LogP contribution >= 0.6 is 27.5 Å². The van der Waals surface area contributed by atoms with Crippen molar-refractivity contribution in [1.82, 2.24) is 0 Å². The zero-order chi connectivity index (χ0) is 16.7. The Morgan fingerprint density at radius 1 is 1.13 bits per heavy atom. The molecule has 0 spiro atoms. The van der Waals surface area contributed by atoms with Gasteiger partial charge in [0, 0.05) is 16.1 Å². The van der Waals surface area contributed by atoms with Crippen molar-refractivity contribution < 1.29 is 19.4 Å². The molecule has 0 amide bonds. The highest BCUT2D eigenvalue weighted by Crippen LogP contribution is 2.25. The Morgan fingerprint density at radius 3 is 2.52 bits per heavy atom. The normalized spacial score (nSPS) is 10.7. The smallest absolute Gasteiger partial charge is 0.328 e. The quantitative estimate of drug-likeness (QED) is 0.545. The Hall–Kier alpha value is -1.98. The Bertz CT molecular complexity index is 715. The second-order valence-electron chi connectivity index (χ2n) is 4.48. The SMILES string of the molecule is O=C(O)C=Cc1cc(Br)ccc1OCCOc1ccccc1Cl. The number of hydrogen-bond acceptors (Lipinski definition) is 3. The molecule has 0 radical (unpaired) electrons. The highest BCUT2D eigenvalue weighted by atomic mass is 79.9. The monoisotopic (exact) mass is 396 g/mol. The average Bonchev–Trinajstić information content (AvgIpc) is 2.52. The highest BCUT2D eigenvalue weighted by molar-refractivity contribution is 9.10. The van der Waals surface area contributed by atoms with Gasteiger partial charge in [-0.3, -0.25) is 0 Å². The molecular formula is C17H14BrClO4. The fraction of sp³-hybridized carbons (Fsp3) is 0.118. The zero-order valence-electron chi connectivity index (χ0n) is 12.0. The van der Waals surface area contributed by atoms with Crippen molar-refractivity contribution in [2.24, 2.45) is 0 Å². The molecule has 0 fully saturated rings. The van der Waals surface area contributed by atoms with E-state index in [-0.39, 0.29) is 0 Å². The molecule has 0 bridgehead atoms. The van der Waals surface area contributed by atoms with Crippen molar-refractivity contribution in [3.63, 3.8) is 0 Å². The van der Waals surface area contributed by atoms with Gasteiger partial charge in [0.25, 0.3) is 0 Å². The van der Waals surface area contributed by atoms with Crippen LogP contribution < -0.4 is 9.47 Å². The van der Waals surface area contributed by atoms with Crippen LogP contribution in [-0.2, 0) is 4.79 Å². The first kappa shape index (κ1) is 17.4. The molecule has 4 nitrogen and oxygen atoms in total. The Kier molecular flexibility index (Phi) is 6.50. The summed E-state index contributed by atoms with van der Waals surface area (Å²) in [6.45, 7) is 0.628. The van der Waals surface area contributed by atoms with Crippen LogP contribution in [-0.4, -0.2) is 24.3 Å². The lowest BCUT2D eigenvalue weighted by Gasteiger charge is -2.11. The molecule has 0 saturated carbocycles. The molecule has 2 aromatic carbocycles. The topological polar surface area (TPSA) is 55.8 Å². The van der Waals surface area contributed by atoms with Crippen LogP contribution in [0.5, 0.6) is 11.5 Å². The molecule has 0 saturated heterocycles. The van der Waals surface area contributed by atoms with Crippen molar-refractivity contribution in [3.8, 4) is 11.5 Å². The number of carboxylic acid groups (broad SMARTS) is 1. The molecule has 0 aliphatic rings. The Labute approximate surface area is 147 Å². The second-order valence-corrected chi connectivity index (χ2v) is 5.80. The molecule has 0 unspecified atom stereocenters. The van der Waals surface area contributed by atoms with Crippen molar-refractivity contribution in [1.29, 1.82) is 0 Å². The lowest BCUT2D eigenvalue weighted by atomic mass is 10.2. The average molecular weight is 398 g/mol. The molecule has 0 aliphatic carbocycles. The van der Waals surface area contributed by atoms with Crippen LogP contribution in [0.1, 0.15) is 5.56 Å². The largest absolute Gasteiger partial charge is 0.489 e. The van der Waals surface area contributed by atoms with E-state index in [2.05, 4.69) is 15.9 Å². The molecule has 0 atom stereocenters. The number of rotatable bonds is 7. The second kappa shape index (κ2) is 8.60. The number of carboxylic acids is 1. The maximum atomic E-state index is 10.6. The maximum absolute atomic E-state index is 10.6. The van der Waals surface area contributed by atoms with Crippen LogP contribution in [0.3, 0.4) is 0 Å². The maximum Gasteiger partial charge on any atom is 0.328 e. The molecule has 2 rings (SSSR count). The third-order valence-electron chi connectivity index (χ3n) is 2.81. The van der Waals surface area contributed by atoms with Gasteiger partial charge in [0.2, 0.25) is 0 Å². The molecule has 23 heavy (non-hydrogen) atoms. The van der Waals surface area contributed by atoms with Gasteiger partial charge in [-0.1, -0.05) is 39.7 Å². The number of carbonyl (C=O) groups is 1. The summed E-state index contributed by atoms with van der Waals surface area (Å²) in [5.41, 5.74) is 0.666. The fourth-order valence-corrected chi connectivity index (χ4v) is 2.38. The van der Waals surface area contributed by atoms with Gasteiger partial charge in [0.05, 0.1) is 5.02 Å². The summed E-state index contributed by atoms with van der Waals surface area (Å²) >= 11 is 9.35. The number of halogens is 2. The first-order valence-corrected chi connectivity index (χ1v) is 7.94. The van der Waals surface area contributed by atoms with E-state index in [4.69, 9.17) is 26.2 Å². The Balaban J connectivity index is 1.95. The summed E-state index contributed by atoms with van der Waals surface area (Å²) in [5, 5.41) is 9.27. The summed E-state index contributed by atoms with van der Waals surface area (Å²) in [7, 11) is 0. The molecule has 0 heterocycles. The van der Waals surface area contributed by atoms with Crippen LogP contribution in [0.2, 0.25) is 5.02 Å². The van der Waals surface area contributed by atoms with Gasteiger partial charge < -0.3 is 14.6 Å². The predicted molar refractivity (Wildman–Crippen MR) is 93.3 cm³/mol. The van der Waals surface area contributed by atoms with Crippen LogP contribution in [0.25, 0.3) is 6.08 Å². The molecule has 2 aromatic rings. The van der Waals surface area contributed by atoms with Crippen LogP contribution in [0, 0.1) is 0 Å². The van der Waals surface area contributed by atoms with Crippen LogP contribution in [0.4, 0.5) is 0 Å². The van der Waals surface area contributed by atoms with E-state index in [1.54, 1.807) is 24.3 Å². The lowest BCUT2D eigenvalue weighted by Crippen LogP contribution is -2.09. The first-order chi connectivity index (χ1) is 11.1. The summed E-state index contributed by atoms with van der Waals surface area (Å²) in [4.78, 5) is 10.6. The van der Waals surface area contributed by atoms with E-state index in [1.807, 2.05) is 18.2 Å². The number of aliphatic carboxylic acids is 1.